The summed E-state index contributed by atoms with van der Waals surface area (Å²) in [6.45, 7) is 2.99. The van der Waals surface area contributed by atoms with E-state index in [2.05, 4.69) is 5.32 Å². The van der Waals surface area contributed by atoms with Gasteiger partial charge < -0.3 is 11.5 Å². The topological polar surface area (TPSA) is 98.2 Å². The maximum Gasteiger partial charge on any atom is 0.248 e. The van der Waals surface area contributed by atoms with Crippen molar-refractivity contribution < 1.29 is 9.59 Å². The molecule has 0 saturated carbocycles. The van der Waals surface area contributed by atoms with Crippen LogP contribution in [0.5, 0.6) is 0 Å². The number of amides is 2. The quantitative estimate of drug-likeness (QED) is 0.780. The highest BCUT2D eigenvalue weighted by molar-refractivity contribution is 6.31. The van der Waals surface area contributed by atoms with Gasteiger partial charge in [-0.3, -0.25) is 14.9 Å². The van der Waals surface area contributed by atoms with Gasteiger partial charge in [-0.2, -0.15) is 0 Å². The van der Waals surface area contributed by atoms with Gasteiger partial charge in [0.25, 0.3) is 0 Å². The molecule has 1 unspecified atom stereocenters. The first-order valence-corrected chi connectivity index (χ1v) is 5.75. The van der Waals surface area contributed by atoms with E-state index in [1.807, 2.05) is 0 Å². The van der Waals surface area contributed by atoms with Crippen molar-refractivity contribution in [3.05, 3.63) is 34.9 Å². The summed E-state index contributed by atoms with van der Waals surface area (Å²) >= 11 is 5.92. The fraction of sp³-hybridized carbons (Fsp3) is 0.333. The molecule has 106 valence electrons. The fourth-order valence-electron chi connectivity index (χ4n) is 1.22. The van der Waals surface area contributed by atoms with Crippen molar-refractivity contribution in [1.82, 2.24) is 5.32 Å². The molecule has 0 saturated heterocycles. The van der Waals surface area contributed by atoms with Crippen LogP contribution in [0.3, 0.4) is 0 Å². The zero-order valence-corrected chi connectivity index (χ0v) is 12.2. The Morgan fingerprint density at radius 1 is 1.32 bits per heavy atom. The van der Waals surface area contributed by atoms with E-state index in [4.69, 9.17) is 23.1 Å². The Bertz CT molecular complexity index is 472. The van der Waals surface area contributed by atoms with E-state index < -0.39 is 23.4 Å². The summed E-state index contributed by atoms with van der Waals surface area (Å²) in [6, 6.07) is 5.68. The number of nitrogens with two attached hydrogens (primary N) is 2. The lowest BCUT2D eigenvalue weighted by atomic mass is 10.0. The molecule has 0 aliphatic rings. The molecule has 2 amide bonds. The number of halogens is 2. The number of carbonyl (C=O) groups excluding carboxylic acids is 2. The molecule has 0 aliphatic heterocycles. The molecule has 0 radical (unpaired) electrons. The van der Waals surface area contributed by atoms with Gasteiger partial charge in [-0.25, -0.2) is 0 Å². The molecule has 1 rings (SSSR count). The van der Waals surface area contributed by atoms with Gasteiger partial charge in [-0.15, -0.1) is 12.4 Å². The summed E-state index contributed by atoms with van der Waals surface area (Å²) in [5.74, 6) is -1.22. The molecule has 0 spiro atoms. The van der Waals surface area contributed by atoms with E-state index in [1.165, 1.54) is 13.8 Å². The highest BCUT2D eigenvalue weighted by Crippen LogP contribution is 2.21. The standard InChI is InChI=1S/C12H16ClN3O2.ClH/c1-12(2,15)11(18)16-10(17)9(14)7-5-3-4-6-8(7)13;/h3-6,9H,14-15H2,1-2H3,(H,16,17,18);1H. The molecular formula is C12H17Cl2N3O2. The Balaban J connectivity index is 0.00000324. The number of benzene rings is 1. The molecule has 5 N–H and O–H groups in total. The Kier molecular flexibility index (Phi) is 6.45. The normalized spacial score (nSPS) is 12.3. The number of hydrogen-bond acceptors (Lipinski definition) is 4. The van der Waals surface area contributed by atoms with Gasteiger partial charge in [0, 0.05) is 5.02 Å². The van der Waals surface area contributed by atoms with Crippen molar-refractivity contribution in [1.29, 1.82) is 0 Å². The zero-order valence-electron chi connectivity index (χ0n) is 10.6. The summed E-state index contributed by atoms with van der Waals surface area (Å²) in [6.07, 6.45) is 0. The van der Waals surface area contributed by atoms with Gasteiger partial charge >= 0.3 is 0 Å². The number of nitrogens with one attached hydrogen (secondary N) is 1. The molecule has 0 aromatic heterocycles. The van der Waals surface area contributed by atoms with E-state index in [0.717, 1.165) is 0 Å². The Labute approximate surface area is 123 Å². The van der Waals surface area contributed by atoms with Gasteiger partial charge in [0.1, 0.15) is 6.04 Å². The number of rotatable bonds is 3. The molecule has 1 aromatic rings. The molecule has 7 heteroatoms. The van der Waals surface area contributed by atoms with Crippen LogP contribution in [0.15, 0.2) is 24.3 Å². The third-order valence-corrected chi connectivity index (χ3v) is 2.69. The van der Waals surface area contributed by atoms with Gasteiger partial charge in [0.05, 0.1) is 5.54 Å². The van der Waals surface area contributed by atoms with Gasteiger partial charge in [-0.05, 0) is 25.5 Å². The van der Waals surface area contributed by atoms with Crippen molar-refractivity contribution in [2.75, 3.05) is 0 Å². The molecule has 0 bridgehead atoms. The Hall–Kier alpha value is -1.14. The SMILES string of the molecule is CC(C)(N)C(=O)NC(=O)C(N)c1ccccc1Cl.Cl. The number of hydrogen-bond donors (Lipinski definition) is 3. The first-order valence-electron chi connectivity index (χ1n) is 5.37. The molecule has 1 aromatic carbocycles. The highest BCUT2D eigenvalue weighted by Gasteiger charge is 2.27. The van der Waals surface area contributed by atoms with E-state index in [-0.39, 0.29) is 12.4 Å². The molecule has 1 atom stereocenters. The Morgan fingerprint density at radius 2 is 1.84 bits per heavy atom. The first-order chi connectivity index (χ1) is 8.23. The molecular weight excluding hydrogens is 289 g/mol. The average Bonchev–Trinajstić information content (AvgIpc) is 2.27. The van der Waals surface area contributed by atoms with Gasteiger partial charge in [0.2, 0.25) is 11.8 Å². The highest BCUT2D eigenvalue weighted by atomic mass is 35.5. The summed E-state index contributed by atoms with van der Waals surface area (Å²) in [5, 5.41) is 2.53. The molecule has 0 heterocycles. The van der Waals surface area contributed by atoms with Crippen LogP contribution in [0.4, 0.5) is 0 Å². The van der Waals surface area contributed by atoms with Gasteiger partial charge in [0.15, 0.2) is 0 Å². The second-order valence-electron chi connectivity index (χ2n) is 4.54. The lowest BCUT2D eigenvalue weighted by molar-refractivity contribution is -0.133. The van der Waals surface area contributed by atoms with Crippen LogP contribution in [0.1, 0.15) is 25.5 Å². The molecule has 0 aliphatic carbocycles. The smallest absolute Gasteiger partial charge is 0.248 e. The van der Waals surface area contributed by atoms with Crippen molar-refractivity contribution >= 4 is 35.8 Å². The second kappa shape index (κ2) is 6.86. The van der Waals surface area contributed by atoms with E-state index in [1.54, 1.807) is 24.3 Å². The van der Waals surface area contributed by atoms with Crippen LogP contribution in [0, 0.1) is 0 Å². The molecule has 0 fully saturated rings. The zero-order chi connectivity index (χ0) is 13.9. The van der Waals surface area contributed by atoms with Crippen LogP contribution >= 0.6 is 24.0 Å². The number of carbonyl (C=O) groups is 2. The van der Waals surface area contributed by atoms with Crippen LogP contribution < -0.4 is 16.8 Å². The van der Waals surface area contributed by atoms with E-state index in [0.29, 0.717) is 10.6 Å². The van der Waals surface area contributed by atoms with Crippen LogP contribution in [-0.2, 0) is 9.59 Å². The fourth-order valence-corrected chi connectivity index (χ4v) is 1.47. The minimum Gasteiger partial charge on any atom is -0.318 e. The van der Waals surface area contributed by atoms with Gasteiger partial charge in [-0.1, -0.05) is 29.8 Å². The largest absolute Gasteiger partial charge is 0.318 e. The minimum absolute atomic E-state index is 0. The lowest BCUT2D eigenvalue weighted by Gasteiger charge is -2.19. The second-order valence-corrected chi connectivity index (χ2v) is 4.95. The van der Waals surface area contributed by atoms with E-state index in [9.17, 15) is 9.59 Å². The molecule has 19 heavy (non-hydrogen) atoms. The number of imide groups is 1. The van der Waals surface area contributed by atoms with Crippen molar-refractivity contribution in [3.8, 4) is 0 Å². The van der Waals surface area contributed by atoms with Crippen molar-refractivity contribution in [2.45, 2.75) is 25.4 Å². The monoisotopic (exact) mass is 305 g/mol. The summed E-state index contributed by atoms with van der Waals surface area (Å²) in [4.78, 5) is 23.3. The van der Waals surface area contributed by atoms with Crippen LogP contribution in [-0.4, -0.2) is 17.4 Å². The van der Waals surface area contributed by atoms with Crippen LogP contribution in [0.25, 0.3) is 0 Å². The first kappa shape index (κ1) is 17.9. The maximum atomic E-state index is 11.8. The summed E-state index contributed by atoms with van der Waals surface area (Å²) in [7, 11) is 0. The van der Waals surface area contributed by atoms with Crippen LogP contribution in [0.2, 0.25) is 5.02 Å². The third-order valence-electron chi connectivity index (χ3n) is 2.34. The van der Waals surface area contributed by atoms with E-state index >= 15 is 0 Å². The lowest BCUT2D eigenvalue weighted by Crippen LogP contribution is -2.52. The maximum absolute atomic E-state index is 11.8. The minimum atomic E-state index is -1.14. The predicted molar refractivity (Wildman–Crippen MR) is 77.0 cm³/mol. The predicted octanol–water partition coefficient (Wildman–Crippen LogP) is 1.14. The summed E-state index contributed by atoms with van der Waals surface area (Å²) in [5.41, 5.74) is 10.6. The summed E-state index contributed by atoms with van der Waals surface area (Å²) < 4.78 is 0. The third kappa shape index (κ3) is 4.80. The Morgan fingerprint density at radius 3 is 2.32 bits per heavy atom. The molecule has 5 nitrogen and oxygen atoms in total. The van der Waals surface area contributed by atoms with Crippen molar-refractivity contribution in [3.63, 3.8) is 0 Å². The average molecular weight is 306 g/mol. The van der Waals surface area contributed by atoms with Crippen molar-refractivity contribution in [2.24, 2.45) is 11.5 Å².